The van der Waals surface area contributed by atoms with Crippen molar-refractivity contribution >= 4 is 9.05 Å². The van der Waals surface area contributed by atoms with Crippen LogP contribution in [0.5, 0.6) is 0 Å². The van der Waals surface area contributed by atoms with Crippen LogP contribution in [0.25, 0.3) is 0 Å². The first-order chi connectivity index (χ1) is 21.6. The molecule has 0 aliphatic carbocycles. The SMILES string of the molecule is CCCCCC(CC)(CC)O[Si](OC(CC)(CC)CCCCC)(OC(CC)(CC)CCCCC)OC(CC)(CC)CCCCC. The molecule has 5 heteroatoms. The van der Waals surface area contributed by atoms with Crippen LogP contribution in [0.4, 0.5) is 0 Å². The van der Waals surface area contributed by atoms with Gasteiger partial charge in [-0.05, 0) is 77.0 Å². The molecule has 0 bridgehead atoms. The van der Waals surface area contributed by atoms with Gasteiger partial charge < -0.3 is 17.7 Å². The van der Waals surface area contributed by atoms with Crippen molar-refractivity contribution in [3.63, 3.8) is 0 Å². The van der Waals surface area contributed by atoms with Gasteiger partial charge in [-0.15, -0.1) is 0 Å². The predicted molar refractivity (Wildman–Crippen MR) is 200 cm³/mol. The van der Waals surface area contributed by atoms with Gasteiger partial charge >= 0.3 is 9.05 Å². The van der Waals surface area contributed by atoms with Crippen molar-refractivity contribution in [3.05, 3.63) is 0 Å². The van der Waals surface area contributed by atoms with Gasteiger partial charge in [-0.25, -0.2) is 0 Å². The summed E-state index contributed by atoms with van der Waals surface area (Å²) in [6.45, 7) is 27.7. The third-order valence-electron chi connectivity index (χ3n) is 11.5. The van der Waals surface area contributed by atoms with E-state index in [-0.39, 0.29) is 22.4 Å². The molecule has 0 saturated carbocycles. The molecule has 4 nitrogen and oxygen atoms in total. The van der Waals surface area contributed by atoms with Crippen molar-refractivity contribution in [2.75, 3.05) is 0 Å². The van der Waals surface area contributed by atoms with Gasteiger partial charge in [-0.3, -0.25) is 0 Å². The maximum Gasteiger partial charge on any atom is 0.681 e. The minimum atomic E-state index is -3.75. The van der Waals surface area contributed by atoms with Crippen molar-refractivity contribution in [1.29, 1.82) is 0 Å². The molecule has 0 spiro atoms. The quantitative estimate of drug-likeness (QED) is 0.0533. The fourth-order valence-electron chi connectivity index (χ4n) is 7.17. The van der Waals surface area contributed by atoms with Crippen molar-refractivity contribution in [3.8, 4) is 0 Å². The summed E-state index contributed by atoms with van der Waals surface area (Å²) in [5, 5.41) is 0. The summed E-state index contributed by atoms with van der Waals surface area (Å²) in [7, 11) is -3.75. The summed E-state index contributed by atoms with van der Waals surface area (Å²) in [4.78, 5) is 0. The average Bonchev–Trinajstić information content (AvgIpc) is 3.07. The monoisotopic (exact) mass is 657 g/mol. The van der Waals surface area contributed by atoms with Gasteiger partial charge in [0.05, 0.1) is 22.4 Å². The molecule has 0 saturated heterocycles. The number of hydrogen-bond donors (Lipinski definition) is 0. The Kier molecular flexibility index (Phi) is 24.3. The van der Waals surface area contributed by atoms with Crippen LogP contribution in [0.3, 0.4) is 0 Å². The molecule has 0 unspecified atom stereocenters. The zero-order chi connectivity index (χ0) is 34.3. The molecule has 0 aromatic rings. The van der Waals surface area contributed by atoms with Crippen LogP contribution in [-0.2, 0) is 17.7 Å². The Bertz CT molecular complexity index is 562. The largest absolute Gasteiger partial charge is 0.681 e. The molecule has 0 amide bonds. The fraction of sp³-hybridized carbons (Fsp3) is 1.00. The second-order valence-corrected chi connectivity index (χ2v) is 16.1. The first-order valence-electron chi connectivity index (χ1n) is 20.4. The molecule has 0 atom stereocenters. The molecule has 0 aromatic heterocycles. The Labute approximate surface area is 285 Å². The fourth-order valence-corrected chi connectivity index (χ4v) is 11.1. The van der Waals surface area contributed by atoms with E-state index in [0.717, 1.165) is 103 Å². The summed E-state index contributed by atoms with van der Waals surface area (Å²) in [6, 6.07) is 0. The molecule has 272 valence electrons. The molecular formula is C40H84O4Si. The van der Waals surface area contributed by atoms with Gasteiger partial charge in [-0.2, -0.15) is 0 Å². The van der Waals surface area contributed by atoms with Crippen molar-refractivity contribution in [1.82, 2.24) is 0 Å². The van der Waals surface area contributed by atoms with Crippen LogP contribution < -0.4 is 0 Å². The van der Waals surface area contributed by atoms with E-state index < -0.39 is 9.05 Å². The Morgan fingerprint density at radius 2 is 0.467 bits per heavy atom. The summed E-state index contributed by atoms with van der Waals surface area (Å²) >= 11 is 0. The van der Waals surface area contributed by atoms with Gasteiger partial charge in [0.15, 0.2) is 0 Å². The van der Waals surface area contributed by atoms with Gasteiger partial charge in [0.25, 0.3) is 0 Å². The highest BCUT2D eigenvalue weighted by atomic mass is 28.4. The second kappa shape index (κ2) is 24.2. The van der Waals surface area contributed by atoms with E-state index in [2.05, 4.69) is 83.1 Å². The van der Waals surface area contributed by atoms with Crippen LogP contribution in [0.2, 0.25) is 0 Å². The van der Waals surface area contributed by atoms with Crippen LogP contribution in [0.1, 0.15) is 237 Å². The lowest BCUT2D eigenvalue weighted by molar-refractivity contribution is -0.197. The van der Waals surface area contributed by atoms with E-state index in [1.165, 1.54) is 51.4 Å². The summed E-state index contributed by atoms with van der Waals surface area (Å²) in [5.74, 6) is 0. The molecule has 0 aliphatic heterocycles. The van der Waals surface area contributed by atoms with E-state index in [9.17, 15) is 0 Å². The maximum absolute atomic E-state index is 7.74. The molecule has 0 fully saturated rings. The number of hydrogen-bond acceptors (Lipinski definition) is 4. The lowest BCUT2D eigenvalue weighted by Crippen LogP contribution is -2.65. The third-order valence-corrected chi connectivity index (χ3v) is 14.2. The first kappa shape index (κ1) is 45.1. The van der Waals surface area contributed by atoms with Gasteiger partial charge in [0.2, 0.25) is 0 Å². The van der Waals surface area contributed by atoms with Crippen LogP contribution in [-0.4, -0.2) is 31.5 Å². The van der Waals surface area contributed by atoms with Gasteiger partial charge in [0, 0.05) is 0 Å². The smallest absolute Gasteiger partial charge is 0.345 e. The molecule has 0 rings (SSSR count). The van der Waals surface area contributed by atoms with Gasteiger partial charge in [-0.1, -0.05) is 160 Å². The van der Waals surface area contributed by atoms with Crippen LogP contribution in [0, 0.1) is 0 Å². The van der Waals surface area contributed by atoms with Crippen LogP contribution in [0.15, 0.2) is 0 Å². The standard InChI is InChI=1S/C40H84O4Si/c1-13-25-29-33-37(17-5,18-6)41-45(42-38(19-7,20-8)34-30-26-14-2,43-39(21-9,22-10)35-31-27-15-3)44-40(23-11,24-12)36-32-28-16-4/h13-36H2,1-12H3. The second-order valence-electron chi connectivity index (χ2n) is 14.3. The average molecular weight is 657 g/mol. The minimum Gasteiger partial charge on any atom is -0.345 e. The Morgan fingerprint density at radius 1 is 0.289 bits per heavy atom. The zero-order valence-electron chi connectivity index (χ0n) is 33.1. The number of unbranched alkanes of at least 4 members (excludes halogenated alkanes) is 8. The van der Waals surface area contributed by atoms with E-state index in [0.29, 0.717) is 0 Å². The summed E-state index contributed by atoms with van der Waals surface area (Å²) < 4.78 is 31.0. The molecule has 0 radical (unpaired) electrons. The third kappa shape index (κ3) is 15.0. The molecule has 0 heterocycles. The molecular weight excluding hydrogens is 573 g/mol. The summed E-state index contributed by atoms with van der Waals surface area (Å²) in [6.07, 6.45) is 26.1. The molecule has 45 heavy (non-hydrogen) atoms. The minimum absolute atomic E-state index is 0.314. The van der Waals surface area contributed by atoms with Crippen LogP contribution >= 0.6 is 0 Å². The zero-order valence-corrected chi connectivity index (χ0v) is 34.1. The van der Waals surface area contributed by atoms with Gasteiger partial charge in [0.1, 0.15) is 0 Å². The topological polar surface area (TPSA) is 36.9 Å². The molecule has 0 aromatic carbocycles. The Balaban J connectivity index is 7.55. The normalized spacial score (nSPS) is 13.6. The van der Waals surface area contributed by atoms with Crippen molar-refractivity contribution in [2.45, 2.75) is 260 Å². The van der Waals surface area contributed by atoms with E-state index in [4.69, 9.17) is 17.7 Å². The molecule has 0 N–H and O–H groups in total. The predicted octanol–water partition coefficient (Wildman–Crippen LogP) is 14.0. The Morgan fingerprint density at radius 3 is 0.600 bits per heavy atom. The van der Waals surface area contributed by atoms with E-state index in [1.54, 1.807) is 0 Å². The van der Waals surface area contributed by atoms with Crippen molar-refractivity contribution < 1.29 is 17.7 Å². The first-order valence-corrected chi connectivity index (χ1v) is 22.0. The lowest BCUT2D eigenvalue weighted by atomic mass is 9.91. The maximum atomic E-state index is 7.74. The highest BCUT2D eigenvalue weighted by Crippen LogP contribution is 2.45. The van der Waals surface area contributed by atoms with E-state index in [1.807, 2.05) is 0 Å². The highest BCUT2D eigenvalue weighted by Gasteiger charge is 2.61. The molecule has 0 aliphatic rings. The summed E-state index contributed by atoms with van der Waals surface area (Å²) in [5.41, 5.74) is -1.26. The van der Waals surface area contributed by atoms with E-state index >= 15 is 0 Å². The number of rotatable bonds is 32. The highest BCUT2D eigenvalue weighted by molar-refractivity contribution is 6.54. The lowest BCUT2D eigenvalue weighted by Gasteiger charge is -2.51. The Hall–Kier alpha value is 0.0569. The van der Waals surface area contributed by atoms with Crippen molar-refractivity contribution in [2.24, 2.45) is 0 Å².